The van der Waals surface area contributed by atoms with Crippen molar-refractivity contribution in [2.45, 2.75) is 19.1 Å². The number of rotatable bonds is 9. The van der Waals surface area contributed by atoms with Gasteiger partial charge in [-0.2, -0.15) is 11.8 Å². The van der Waals surface area contributed by atoms with Gasteiger partial charge < -0.3 is 20.3 Å². The maximum Gasteiger partial charge on any atom is 0.123 e. The first-order chi connectivity index (χ1) is 9.22. The van der Waals surface area contributed by atoms with Gasteiger partial charge in [-0.25, -0.2) is 0 Å². The SMILES string of the molecule is CCNC(CSCC(O)CO)c1ccccc1OC. The summed E-state index contributed by atoms with van der Waals surface area (Å²) >= 11 is 1.62. The number of methoxy groups -OCH3 is 1. The van der Waals surface area contributed by atoms with Crippen LogP contribution in [0, 0.1) is 0 Å². The average molecular weight is 285 g/mol. The third kappa shape index (κ3) is 5.40. The highest BCUT2D eigenvalue weighted by Crippen LogP contribution is 2.27. The molecule has 4 nitrogen and oxygen atoms in total. The van der Waals surface area contributed by atoms with Crippen LogP contribution in [0.15, 0.2) is 24.3 Å². The van der Waals surface area contributed by atoms with Gasteiger partial charge in [0.05, 0.1) is 19.8 Å². The Morgan fingerprint density at radius 1 is 1.32 bits per heavy atom. The van der Waals surface area contributed by atoms with Crippen molar-refractivity contribution in [1.29, 1.82) is 0 Å². The van der Waals surface area contributed by atoms with Crippen LogP contribution in [0.4, 0.5) is 0 Å². The van der Waals surface area contributed by atoms with E-state index in [2.05, 4.69) is 18.3 Å². The van der Waals surface area contributed by atoms with Crippen LogP contribution in [-0.4, -0.2) is 48.1 Å². The summed E-state index contributed by atoms with van der Waals surface area (Å²) in [6, 6.07) is 8.13. The number of hydrogen-bond acceptors (Lipinski definition) is 5. The van der Waals surface area contributed by atoms with Crippen LogP contribution in [0.25, 0.3) is 0 Å². The standard InChI is InChI=1S/C14H23NO3S/c1-3-15-13(10-19-9-11(17)8-16)12-6-4-5-7-14(12)18-2/h4-7,11,13,15-17H,3,8-10H2,1-2H3. The number of para-hydroxylation sites is 1. The Morgan fingerprint density at radius 2 is 2.05 bits per heavy atom. The van der Waals surface area contributed by atoms with E-state index < -0.39 is 6.10 Å². The lowest BCUT2D eigenvalue weighted by Crippen LogP contribution is -2.24. The molecule has 0 bridgehead atoms. The zero-order valence-corrected chi connectivity index (χ0v) is 12.3. The van der Waals surface area contributed by atoms with Crippen LogP contribution in [0.2, 0.25) is 0 Å². The van der Waals surface area contributed by atoms with Crippen molar-refractivity contribution in [1.82, 2.24) is 5.32 Å². The molecule has 1 aromatic rings. The Kier molecular flexibility index (Phi) is 7.90. The smallest absolute Gasteiger partial charge is 0.123 e. The van der Waals surface area contributed by atoms with E-state index in [-0.39, 0.29) is 12.6 Å². The molecule has 0 saturated heterocycles. The van der Waals surface area contributed by atoms with E-state index in [1.165, 1.54) is 0 Å². The number of aliphatic hydroxyl groups excluding tert-OH is 2. The lowest BCUT2D eigenvalue weighted by atomic mass is 10.1. The highest BCUT2D eigenvalue weighted by atomic mass is 32.2. The van der Waals surface area contributed by atoms with Crippen LogP contribution in [0.3, 0.4) is 0 Å². The fraction of sp³-hybridized carbons (Fsp3) is 0.571. The highest BCUT2D eigenvalue weighted by Gasteiger charge is 2.15. The Hall–Kier alpha value is -0.750. The molecule has 0 saturated carbocycles. The molecule has 1 aromatic carbocycles. The van der Waals surface area contributed by atoms with Crippen LogP contribution in [0.1, 0.15) is 18.5 Å². The molecule has 108 valence electrons. The lowest BCUT2D eigenvalue weighted by Gasteiger charge is -2.20. The van der Waals surface area contributed by atoms with Gasteiger partial charge in [-0.15, -0.1) is 0 Å². The molecule has 0 amide bonds. The van der Waals surface area contributed by atoms with E-state index in [1.54, 1.807) is 18.9 Å². The van der Waals surface area contributed by atoms with Gasteiger partial charge in [-0.1, -0.05) is 25.1 Å². The second-order valence-corrected chi connectivity index (χ2v) is 5.30. The van der Waals surface area contributed by atoms with E-state index in [0.717, 1.165) is 23.6 Å². The van der Waals surface area contributed by atoms with Crippen LogP contribution < -0.4 is 10.1 Å². The second kappa shape index (κ2) is 9.20. The second-order valence-electron chi connectivity index (χ2n) is 4.23. The normalized spacial score (nSPS) is 14.1. The van der Waals surface area contributed by atoms with Crippen molar-refractivity contribution in [3.63, 3.8) is 0 Å². The Bertz CT molecular complexity index is 362. The minimum Gasteiger partial charge on any atom is -0.496 e. The average Bonchev–Trinajstić information content (AvgIpc) is 2.46. The van der Waals surface area contributed by atoms with Gasteiger partial charge in [0.2, 0.25) is 0 Å². The monoisotopic (exact) mass is 285 g/mol. The third-order valence-corrected chi connectivity index (χ3v) is 3.96. The summed E-state index contributed by atoms with van der Waals surface area (Å²) in [6.07, 6.45) is -0.648. The zero-order valence-electron chi connectivity index (χ0n) is 11.5. The first-order valence-electron chi connectivity index (χ1n) is 6.45. The van der Waals surface area contributed by atoms with Crippen LogP contribution in [0.5, 0.6) is 5.75 Å². The van der Waals surface area contributed by atoms with Crippen molar-refractivity contribution in [2.24, 2.45) is 0 Å². The number of benzene rings is 1. The van der Waals surface area contributed by atoms with Crippen molar-refractivity contribution in [3.05, 3.63) is 29.8 Å². The molecule has 0 spiro atoms. The topological polar surface area (TPSA) is 61.7 Å². The van der Waals surface area contributed by atoms with Crippen molar-refractivity contribution < 1.29 is 14.9 Å². The number of ether oxygens (including phenoxy) is 1. The molecule has 0 aliphatic carbocycles. The Labute approximate surface area is 119 Å². The molecule has 0 aliphatic rings. The maximum absolute atomic E-state index is 9.36. The fourth-order valence-electron chi connectivity index (χ4n) is 1.83. The summed E-state index contributed by atoms with van der Waals surface area (Å²) in [4.78, 5) is 0. The molecule has 1 rings (SSSR count). The number of hydrogen-bond donors (Lipinski definition) is 3. The molecule has 19 heavy (non-hydrogen) atoms. The predicted molar refractivity (Wildman–Crippen MR) is 79.8 cm³/mol. The number of aliphatic hydroxyl groups is 2. The third-order valence-electron chi connectivity index (χ3n) is 2.77. The first kappa shape index (κ1) is 16.3. The van der Waals surface area contributed by atoms with E-state index in [4.69, 9.17) is 9.84 Å². The summed E-state index contributed by atoms with van der Waals surface area (Å²) in [5, 5.41) is 21.6. The van der Waals surface area contributed by atoms with Gasteiger partial charge in [-0.05, 0) is 12.6 Å². The Morgan fingerprint density at radius 3 is 2.68 bits per heavy atom. The van der Waals surface area contributed by atoms with Gasteiger partial charge in [0.1, 0.15) is 5.75 Å². The fourth-order valence-corrected chi connectivity index (χ4v) is 2.88. The minimum absolute atomic E-state index is 0.178. The van der Waals surface area contributed by atoms with E-state index >= 15 is 0 Å². The quantitative estimate of drug-likeness (QED) is 0.641. The molecule has 0 aliphatic heterocycles. The largest absolute Gasteiger partial charge is 0.496 e. The molecule has 5 heteroatoms. The molecular formula is C14H23NO3S. The predicted octanol–water partition coefficient (Wildman–Crippen LogP) is 1.43. The molecular weight excluding hydrogens is 262 g/mol. The minimum atomic E-state index is -0.648. The summed E-state index contributed by atoms with van der Waals surface area (Å²) in [6.45, 7) is 2.75. The molecule has 0 aromatic heterocycles. The first-order valence-corrected chi connectivity index (χ1v) is 7.61. The molecule has 2 unspecified atom stereocenters. The van der Waals surface area contributed by atoms with Gasteiger partial charge in [0.15, 0.2) is 0 Å². The van der Waals surface area contributed by atoms with Gasteiger partial charge >= 0.3 is 0 Å². The van der Waals surface area contributed by atoms with E-state index in [9.17, 15) is 5.11 Å². The van der Waals surface area contributed by atoms with E-state index in [1.807, 2.05) is 18.2 Å². The summed E-state index contributed by atoms with van der Waals surface area (Å²) < 4.78 is 5.38. The van der Waals surface area contributed by atoms with Crippen LogP contribution >= 0.6 is 11.8 Å². The molecule has 0 fully saturated rings. The van der Waals surface area contributed by atoms with Crippen LogP contribution in [-0.2, 0) is 0 Å². The Balaban J connectivity index is 2.65. The van der Waals surface area contributed by atoms with Gasteiger partial charge in [0, 0.05) is 23.1 Å². The highest BCUT2D eigenvalue weighted by molar-refractivity contribution is 7.99. The summed E-state index contributed by atoms with van der Waals surface area (Å²) in [5.41, 5.74) is 1.12. The number of nitrogens with one attached hydrogen (secondary N) is 1. The van der Waals surface area contributed by atoms with Gasteiger partial charge in [0.25, 0.3) is 0 Å². The molecule has 0 radical (unpaired) electrons. The summed E-state index contributed by atoms with van der Waals surface area (Å²) in [7, 11) is 1.67. The molecule has 0 heterocycles. The summed E-state index contributed by atoms with van der Waals surface area (Å²) in [5.74, 6) is 2.23. The zero-order chi connectivity index (χ0) is 14.1. The lowest BCUT2D eigenvalue weighted by molar-refractivity contribution is 0.113. The molecule has 3 N–H and O–H groups in total. The van der Waals surface area contributed by atoms with Gasteiger partial charge in [-0.3, -0.25) is 0 Å². The number of thioether (sulfide) groups is 1. The molecule has 2 atom stereocenters. The maximum atomic E-state index is 9.36. The van der Waals surface area contributed by atoms with Crippen molar-refractivity contribution in [2.75, 3.05) is 31.8 Å². The van der Waals surface area contributed by atoms with Crippen molar-refractivity contribution in [3.8, 4) is 5.75 Å². The van der Waals surface area contributed by atoms with E-state index in [0.29, 0.717) is 5.75 Å². The van der Waals surface area contributed by atoms with Crippen molar-refractivity contribution >= 4 is 11.8 Å².